The second-order valence-electron chi connectivity index (χ2n) is 7.56. The quantitative estimate of drug-likeness (QED) is 0.869. The van der Waals surface area contributed by atoms with Crippen LogP contribution in [-0.2, 0) is 6.54 Å². The van der Waals surface area contributed by atoms with Crippen LogP contribution in [-0.4, -0.2) is 36.0 Å². The van der Waals surface area contributed by atoms with Gasteiger partial charge in [-0.15, -0.1) is 11.3 Å². The number of rotatable bonds is 2. The number of fused-ring (bicyclic) bond motifs is 1. The van der Waals surface area contributed by atoms with Crippen molar-refractivity contribution in [3.8, 4) is 5.75 Å². The van der Waals surface area contributed by atoms with Gasteiger partial charge in [0, 0.05) is 28.4 Å². The fraction of sp³-hybridized carbons (Fsp3) is 0.476. The molecular formula is C21H26N2O2S. The van der Waals surface area contributed by atoms with Gasteiger partial charge in [0.1, 0.15) is 11.4 Å². The van der Waals surface area contributed by atoms with Crippen LogP contribution in [0.2, 0.25) is 0 Å². The van der Waals surface area contributed by atoms with Gasteiger partial charge in [-0.2, -0.15) is 0 Å². The molecule has 1 spiro atoms. The van der Waals surface area contributed by atoms with Crippen molar-refractivity contribution in [1.29, 1.82) is 0 Å². The van der Waals surface area contributed by atoms with Crippen molar-refractivity contribution in [3.05, 3.63) is 51.7 Å². The molecule has 1 amide bonds. The van der Waals surface area contributed by atoms with Gasteiger partial charge in [0.15, 0.2) is 0 Å². The average molecular weight is 371 g/mol. The molecule has 0 bridgehead atoms. The highest BCUT2D eigenvalue weighted by Crippen LogP contribution is 2.38. The summed E-state index contributed by atoms with van der Waals surface area (Å²) in [5.74, 6) is 1.05. The first-order chi connectivity index (χ1) is 12.6. The molecule has 0 atom stereocenters. The lowest BCUT2D eigenvalue weighted by atomic mass is 9.81. The first kappa shape index (κ1) is 17.6. The zero-order valence-electron chi connectivity index (χ0n) is 15.5. The number of nitrogens with zero attached hydrogens (tertiary/aromatic N) is 1. The molecule has 138 valence electrons. The molecule has 26 heavy (non-hydrogen) atoms. The number of ether oxygens (including phenoxy) is 1. The monoisotopic (exact) mass is 370 g/mol. The van der Waals surface area contributed by atoms with E-state index in [1.54, 1.807) is 11.3 Å². The number of hydrogen-bond acceptors (Lipinski definition) is 4. The molecule has 1 aliphatic heterocycles. The van der Waals surface area contributed by atoms with Gasteiger partial charge in [0.05, 0.1) is 12.1 Å². The van der Waals surface area contributed by atoms with E-state index in [0.717, 1.165) is 42.6 Å². The molecule has 1 aromatic heterocycles. The van der Waals surface area contributed by atoms with E-state index in [0.29, 0.717) is 19.1 Å². The van der Waals surface area contributed by atoms with E-state index in [2.05, 4.69) is 11.4 Å². The molecule has 4 nitrogen and oxygen atoms in total. The molecule has 2 aliphatic rings. The lowest BCUT2D eigenvalue weighted by Gasteiger charge is -2.41. The van der Waals surface area contributed by atoms with E-state index in [4.69, 9.17) is 4.74 Å². The zero-order chi connectivity index (χ0) is 18.1. The first-order valence-corrected chi connectivity index (χ1v) is 10.3. The average Bonchev–Trinajstić information content (AvgIpc) is 3.02. The number of aryl methyl sites for hydroxylation is 1. The van der Waals surface area contributed by atoms with Gasteiger partial charge in [0.2, 0.25) is 0 Å². The van der Waals surface area contributed by atoms with E-state index in [1.807, 2.05) is 48.5 Å². The molecule has 5 heteroatoms. The van der Waals surface area contributed by atoms with E-state index < -0.39 is 0 Å². The summed E-state index contributed by atoms with van der Waals surface area (Å²) in [7, 11) is 2.03. The Morgan fingerprint density at radius 3 is 2.77 bits per heavy atom. The molecule has 2 aromatic rings. The molecule has 1 N–H and O–H groups in total. The van der Waals surface area contributed by atoms with Crippen LogP contribution in [0.3, 0.4) is 0 Å². The normalized spacial score (nSPS) is 25.5. The van der Waals surface area contributed by atoms with Gasteiger partial charge in [-0.3, -0.25) is 4.79 Å². The zero-order valence-corrected chi connectivity index (χ0v) is 16.3. The number of hydrogen-bond donors (Lipinski definition) is 1. The minimum Gasteiger partial charge on any atom is -0.485 e. The molecule has 0 unspecified atom stereocenters. The van der Waals surface area contributed by atoms with Gasteiger partial charge >= 0.3 is 0 Å². The van der Waals surface area contributed by atoms with E-state index in [1.165, 1.54) is 4.88 Å². The Labute approximate surface area is 159 Å². The Balaban J connectivity index is 1.65. The van der Waals surface area contributed by atoms with Crippen LogP contribution in [0.5, 0.6) is 5.75 Å². The standard InChI is InChI=1S/C21H26N2O2S/c1-15-11-17(13-26-15)20(24)23-12-16-5-3-4-6-19(16)25-21(14-23)9-7-18(22-2)8-10-21/h3-6,11,13,18,22H,7-10,12,14H2,1-2H3. The number of thiophene rings is 1. The summed E-state index contributed by atoms with van der Waals surface area (Å²) in [6.45, 7) is 3.32. The molecule has 2 heterocycles. The number of para-hydroxylation sites is 1. The molecule has 0 saturated heterocycles. The fourth-order valence-electron chi connectivity index (χ4n) is 4.18. The third-order valence-electron chi connectivity index (χ3n) is 5.71. The molecule has 1 aliphatic carbocycles. The Morgan fingerprint density at radius 1 is 1.31 bits per heavy atom. The molecule has 4 rings (SSSR count). The van der Waals surface area contributed by atoms with Crippen molar-refractivity contribution < 1.29 is 9.53 Å². The summed E-state index contributed by atoms with van der Waals surface area (Å²) in [5, 5.41) is 5.36. The van der Waals surface area contributed by atoms with Gasteiger partial charge in [-0.05, 0) is 51.8 Å². The van der Waals surface area contributed by atoms with Crippen LogP contribution < -0.4 is 10.1 Å². The molecule has 1 aromatic carbocycles. The smallest absolute Gasteiger partial charge is 0.255 e. The maximum absolute atomic E-state index is 13.2. The number of nitrogens with one attached hydrogen (secondary N) is 1. The Bertz CT molecular complexity index is 793. The van der Waals surface area contributed by atoms with E-state index in [-0.39, 0.29) is 11.5 Å². The predicted octanol–water partition coefficient (Wildman–Crippen LogP) is 3.99. The maximum atomic E-state index is 13.2. The molecule has 1 fully saturated rings. The lowest BCUT2D eigenvalue weighted by molar-refractivity contribution is 0.000447. The van der Waals surface area contributed by atoms with Crippen LogP contribution >= 0.6 is 11.3 Å². The highest BCUT2D eigenvalue weighted by atomic mass is 32.1. The van der Waals surface area contributed by atoms with Gasteiger partial charge < -0.3 is 15.0 Å². The van der Waals surface area contributed by atoms with Gasteiger partial charge in [0.25, 0.3) is 5.91 Å². The minimum atomic E-state index is -0.277. The highest BCUT2D eigenvalue weighted by Gasteiger charge is 2.42. The highest BCUT2D eigenvalue weighted by molar-refractivity contribution is 7.10. The second kappa shape index (κ2) is 7.05. The van der Waals surface area contributed by atoms with E-state index in [9.17, 15) is 4.79 Å². The largest absolute Gasteiger partial charge is 0.485 e. The number of carbonyl (C=O) groups excluding carboxylic acids is 1. The second-order valence-corrected chi connectivity index (χ2v) is 8.68. The van der Waals surface area contributed by atoms with Gasteiger partial charge in [-0.1, -0.05) is 18.2 Å². The molecule has 0 radical (unpaired) electrons. The SMILES string of the molecule is CNC1CCC2(CC1)CN(C(=O)c1csc(C)c1)Cc1ccccc1O2. The Hall–Kier alpha value is -1.85. The Kier molecular flexibility index (Phi) is 4.76. The van der Waals surface area contributed by atoms with Crippen LogP contribution in [0.15, 0.2) is 35.7 Å². The van der Waals surface area contributed by atoms with Crippen LogP contribution in [0.4, 0.5) is 0 Å². The van der Waals surface area contributed by atoms with Crippen molar-refractivity contribution >= 4 is 17.2 Å². The molecular weight excluding hydrogens is 344 g/mol. The fourth-order valence-corrected chi connectivity index (χ4v) is 4.86. The van der Waals surface area contributed by atoms with E-state index >= 15 is 0 Å². The first-order valence-electron chi connectivity index (χ1n) is 9.37. The third-order valence-corrected chi connectivity index (χ3v) is 6.57. The summed E-state index contributed by atoms with van der Waals surface area (Å²) in [5.41, 5.74) is 1.62. The minimum absolute atomic E-state index is 0.116. The van der Waals surface area contributed by atoms with Crippen molar-refractivity contribution in [2.24, 2.45) is 0 Å². The summed E-state index contributed by atoms with van der Waals surface area (Å²) in [4.78, 5) is 16.4. The van der Waals surface area contributed by atoms with Crippen molar-refractivity contribution in [2.45, 2.75) is 50.8 Å². The number of carbonyl (C=O) groups is 1. The predicted molar refractivity (Wildman–Crippen MR) is 105 cm³/mol. The number of benzene rings is 1. The Morgan fingerprint density at radius 2 is 2.08 bits per heavy atom. The van der Waals surface area contributed by atoms with Gasteiger partial charge in [-0.25, -0.2) is 0 Å². The molecule has 1 saturated carbocycles. The van der Waals surface area contributed by atoms with Crippen LogP contribution in [0, 0.1) is 6.92 Å². The third kappa shape index (κ3) is 3.38. The summed E-state index contributed by atoms with van der Waals surface area (Å²) >= 11 is 1.63. The summed E-state index contributed by atoms with van der Waals surface area (Å²) in [6, 6.07) is 10.7. The summed E-state index contributed by atoms with van der Waals surface area (Å²) < 4.78 is 6.58. The van der Waals surface area contributed by atoms with Crippen LogP contribution in [0.25, 0.3) is 0 Å². The van der Waals surface area contributed by atoms with Crippen molar-refractivity contribution in [1.82, 2.24) is 10.2 Å². The topological polar surface area (TPSA) is 41.6 Å². The van der Waals surface area contributed by atoms with Crippen molar-refractivity contribution in [3.63, 3.8) is 0 Å². The lowest BCUT2D eigenvalue weighted by Crippen LogP contribution is -2.51. The summed E-state index contributed by atoms with van der Waals surface area (Å²) in [6.07, 6.45) is 4.11. The maximum Gasteiger partial charge on any atom is 0.255 e. The van der Waals surface area contributed by atoms with Crippen LogP contribution in [0.1, 0.15) is 46.5 Å². The van der Waals surface area contributed by atoms with Crippen molar-refractivity contribution in [2.75, 3.05) is 13.6 Å². The number of amides is 1.